The average molecular weight is 488 g/mol. The number of unbranched alkanes of at least 4 members (excludes halogenated alkanes) is 5. The molecule has 1 aliphatic rings. The molecular formula is C29H50N3OP. The largest absolute Gasteiger partial charge is 0.384 e. The molecule has 3 unspecified atom stereocenters. The molecule has 0 saturated carbocycles. The Morgan fingerprint density at radius 1 is 1.09 bits per heavy atom. The lowest BCUT2D eigenvalue weighted by Crippen LogP contribution is -2.47. The molecule has 4 nitrogen and oxygen atoms in total. The van der Waals surface area contributed by atoms with Gasteiger partial charge in [-0.3, -0.25) is 4.79 Å². The summed E-state index contributed by atoms with van der Waals surface area (Å²) in [5.41, 5.74) is 3.75. The van der Waals surface area contributed by atoms with Crippen molar-refractivity contribution in [3.05, 3.63) is 48.7 Å². The Hall–Kier alpha value is -1.80. The van der Waals surface area contributed by atoms with Crippen LogP contribution in [0.25, 0.3) is 5.70 Å². The van der Waals surface area contributed by atoms with Crippen molar-refractivity contribution >= 4 is 25.9 Å². The van der Waals surface area contributed by atoms with Crippen LogP contribution in [0, 0.1) is 0 Å². The molecule has 0 fully saturated rings. The van der Waals surface area contributed by atoms with Gasteiger partial charge in [0.15, 0.2) is 0 Å². The zero-order valence-corrected chi connectivity index (χ0v) is 23.5. The second-order valence-corrected chi connectivity index (χ2v) is 10.6. The van der Waals surface area contributed by atoms with Crippen molar-refractivity contribution in [2.75, 3.05) is 17.8 Å². The van der Waals surface area contributed by atoms with E-state index in [1.54, 1.807) is 0 Å². The summed E-state index contributed by atoms with van der Waals surface area (Å²) in [5.74, 6) is 0.0136. The second-order valence-electron chi connectivity index (χ2n) is 9.22. The minimum Gasteiger partial charge on any atom is -0.384 e. The van der Waals surface area contributed by atoms with Crippen LogP contribution in [0.1, 0.15) is 98.0 Å². The van der Waals surface area contributed by atoms with E-state index in [0.717, 1.165) is 50.4 Å². The van der Waals surface area contributed by atoms with Gasteiger partial charge >= 0.3 is 0 Å². The molecule has 1 aliphatic heterocycles. The van der Waals surface area contributed by atoms with Crippen LogP contribution in [0.2, 0.25) is 0 Å². The Balaban J connectivity index is 0.00000182. The molecule has 5 heteroatoms. The predicted octanol–water partition coefficient (Wildman–Crippen LogP) is 7.98. The number of para-hydroxylation sites is 1. The van der Waals surface area contributed by atoms with Crippen LogP contribution in [0.15, 0.2) is 43.1 Å². The quantitative estimate of drug-likeness (QED) is 0.206. The number of amides is 1. The van der Waals surface area contributed by atoms with Crippen molar-refractivity contribution in [3.8, 4) is 0 Å². The summed E-state index contributed by atoms with van der Waals surface area (Å²) in [6.45, 7) is 19.5. The molecule has 0 aromatic heterocycles. The van der Waals surface area contributed by atoms with Crippen LogP contribution < -0.4 is 10.6 Å². The second kappa shape index (κ2) is 17.6. The van der Waals surface area contributed by atoms with Crippen molar-refractivity contribution in [1.29, 1.82) is 0 Å². The summed E-state index contributed by atoms with van der Waals surface area (Å²) in [6.07, 6.45) is 13.2. The van der Waals surface area contributed by atoms with Gasteiger partial charge < -0.3 is 15.5 Å². The van der Waals surface area contributed by atoms with Crippen molar-refractivity contribution in [2.24, 2.45) is 0 Å². The summed E-state index contributed by atoms with van der Waals surface area (Å²) < 4.78 is 0. The van der Waals surface area contributed by atoms with Gasteiger partial charge in [-0.05, 0) is 25.6 Å². The number of nitrogens with zero attached hydrogens (tertiary/aromatic N) is 1. The first-order chi connectivity index (χ1) is 16.4. The maximum Gasteiger partial charge on any atom is 0.246 e. The Kier molecular flexibility index (Phi) is 15.7. The molecule has 0 spiro atoms. The number of anilines is 1. The molecule has 1 heterocycles. The predicted molar refractivity (Wildman–Crippen MR) is 154 cm³/mol. The molecule has 1 aromatic rings. The lowest BCUT2D eigenvalue weighted by molar-refractivity contribution is -0.120. The molecule has 0 bridgehead atoms. The highest BCUT2D eigenvalue weighted by Crippen LogP contribution is 2.34. The Labute approximate surface area is 211 Å². The molecule has 3 atom stereocenters. The zero-order valence-electron chi connectivity index (χ0n) is 22.5. The maximum absolute atomic E-state index is 13.0. The number of carbonyl (C=O) groups is 1. The third kappa shape index (κ3) is 9.82. The molecule has 1 amide bonds. The third-order valence-electron chi connectivity index (χ3n) is 6.04. The maximum atomic E-state index is 13.0. The highest BCUT2D eigenvalue weighted by Gasteiger charge is 2.34. The average Bonchev–Trinajstić information content (AvgIpc) is 2.91. The van der Waals surface area contributed by atoms with Crippen LogP contribution in [-0.4, -0.2) is 35.3 Å². The monoisotopic (exact) mass is 487 g/mol. The van der Waals surface area contributed by atoms with E-state index in [1.165, 1.54) is 51.1 Å². The first kappa shape index (κ1) is 30.2. The standard InChI is InChI=1S/C26H42N3OP.C3H8/c1-6-8-9-10-11-12-17-25(20(3)27-19-31-18-7-2)29-21(4)23-15-13-14-16-24(23)28-26(30)22(29)5;1-3-2/h13-16,22,25,27,31H,3-4,6-12,17-19H2,1-2,5H3,(H,28,30);3H2,1-2H3. The Morgan fingerprint density at radius 2 is 1.74 bits per heavy atom. The van der Waals surface area contributed by atoms with Crippen LogP contribution in [-0.2, 0) is 4.79 Å². The third-order valence-corrected chi connectivity index (χ3v) is 7.32. The van der Waals surface area contributed by atoms with Crippen molar-refractivity contribution in [3.63, 3.8) is 0 Å². The molecule has 2 rings (SSSR count). The number of hydrogen-bond acceptors (Lipinski definition) is 3. The van der Waals surface area contributed by atoms with Crippen molar-refractivity contribution in [2.45, 2.75) is 104 Å². The van der Waals surface area contributed by atoms with Gasteiger partial charge in [0.25, 0.3) is 0 Å². The van der Waals surface area contributed by atoms with Gasteiger partial charge in [0, 0.05) is 23.2 Å². The van der Waals surface area contributed by atoms with Crippen LogP contribution >= 0.6 is 8.58 Å². The van der Waals surface area contributed by atoms with E-state index < -0.39 is 0 Å². The van der Waals surface area contributed by atoms with E-state index >= 15 is 0 Å². The summed E-state index contributed by atoms with van der Waals surface area (Å²) in [4.78, 5) is 15.2. The van der Waals surface area contributed by atoms with E-state index in [9.17, 15) is 4.79 Å². The van der Waals surface area contributed by atoms with Crippen molar-refractivity contribution in [1.82, 2.24) is 10.2 Å². The van der Waals surface area contributed by atoms with Gasteiger partial charge in [-0.2, -0.15) is 0 Å². The Morgan fingerprint density at radius 3 is 2.41 bits per heavy atom. The fourth-order valence-electron chi connectivity index (χ4n) is 4.20. The van der Waals surface area contributed by atoms with E-state index in [2.05, 4.69) is 56.4 Å². The van der Waals surface area contributed by atoms with Crippen molar-refractivity contribution < 1.29 is 4.79 Å². The van der Waals surface area contributed by atoms with Gasteiger partial charge in [-0.25, -0.2) is 0 Å². The van der Waals surface area contributed by atoms with Crippen LogP contribution in [0.5, 0.6) is 0 Å². The lowest BCUT2D eigenvalue weighted by atomic mass is 9.99. The topological polar surface area (TPSA) is 44.4 Å². The SMILES string of the molecule is C=C(NCPCCC)C(CCCCCCCC)N1C(=C)c2ccccc2NC(=O)C1C.CCC. The molecule has 2 N–H and O–H groups in total. The van der Waals surface area contributed by atoms with Gasteiger partial charge in [0.1, 0.15) is 6.04 Å². The highest BCUT2D eigenvalue weighted by atomic mass is 31.1. The van der Waals surface area contributed by atoms with E-state index in [-0.39, 0.29) is 18.0 Å². The normalized spacial score (nSPS) is 16.4. The number of fused-ring (bicyclic) bond motifs is 1. The van der Waals surface area contributed by atoms with E-state index in [0.29, 0.717) is 0 Å². The number of benzene rings is 1. The van der Waals surface area contributed by atoms with E-state index in [4.69, 9.17) is 0 Å². The number of rotatable bonds is 14. The molecular weight excluding hydrogens is 437 g/mol. The first-order valence-electron chi connectivity index (χ1n) is 13.4. The van der Waals surface area contributed by atoms with Crippen LogP contribution in [0.3, 0.4) is 0 Å². The zero-order chi connectivity index (χ0) is 25.3. The summed E-state index contributed by atoms with van der Waals surface area (Å²) >= 11 is 0. The molecule has 0 radical (unpaired) electrons. The summed E-state index contributed by atoms with van der Waals surface area (Å²) in [7, 11) is 0.889. The van der Waals surface area contributed by atoms with Gasteiger partial charge in [0.05, 0.1) is 11.7 Å². The van der Waals surface area contributed by atoms with Gasteiger partial charge in [0.2, 0.25) is 5.91 Å². The minimum atomic E-state index is -0.304. The number of hydrogen-bond donors (Lipinski definition) is 2. The summed E-state index contributed by atoms with van der Waals surface area (Å²) in [5, 5.41) is 6.67. The minimum absolute atomic E-state index is 0.0136. The van der Waals surface area contributed by atoms with Gasteiger partial charge in [-0.1, -0.05) is 110 Å². The molecule has 192 valence electrons. The fourth-order valence-corrected chi connectivity index (χ4v) is 5.08. The lowest BCUT2D eigenvalue weighted by Gasteiger charge is -2.39. The first-order valence-corrected chi connectivity index (χ1v) is 14.8. The molecule has 0 aliphatic carbocycles. The van der Waals surface area contributed by atoms with E-state index in [1.807, 2.05) is 31.2 Å². The Bertz CT molecular complexity index is 749. The number of carbonyl (C=O) groups excluding carboxylic acids is 1. The molecule has 34 heavy (non-hydrogen) atoms. The van der Waals surface area contributed by atoms with Gasteiger partial charge in [-0.15, -0.1) is 8.58 Å². The van der Waals surface area contributed by atoms with Crippen LogP contribution in [0.4, 0.5) is 5.69 Å². The molecule has 1 aromatic carbocycles. The highest BCUT2D eigenvalue weighted by molar-refractivity contribution is 7.37. The number of nitrogens with one attached hydrogen (secondary N) is 2. The smallest absolute Gasteiger partial charge is 0.246 e. The fraction of sp³-hybridized carbons (Fsp3) is 0.621. The summed E-state index contributed by atoms with van der Waals surface area (Å²) in [6, 6.07) is 7.71. The molecule has 0 saturated heterocycles.